The maximum atomic E-state index is 13.7. The number of amides is 2. The van der Waals surface area contributed by atoms with E-state index in [4.69, 9.17) is 4.74 Å². The van der Waals surface area contributed by atoms with Crippen LogP contribution in [0.4, 0.5) is 5.82 Å². The number of aromatic amines is 1. The number of H-pyrrole nitrogens is 1. The van der Waals surface area contributed by atoms with Crippen molar-refractivity contribution in [2.75, 3.05) is 46.6 Å². The van der Waals surface area contributed by atoms with Gasteiger partial charge < -0.3 is 35.3 Å². The molecule has 0 spiro atoms. The summed E-state index contributed by atoms with van der Waals surface area (Å²) in [5, 5.41) is 22.5. The van der Waals surface area contributed by atoms with Crippen molar-refractivity contribution in [3.8, 4) is 22.9 Å². The third kappa shape index (κ3) is 6.15. The van der Waals surface area contributed by atoms with Gasteiger partial charge in [0, 0.05) is 62.8 Å². The number of aromatic nitrogens is 3. The van der Waals surface area contributed by atoms with Crippen LogP contribution in [0.1, 0.15) is 49.6 Å². The number of fused-ring (bicyclic) bond motifs is 1. The molecule has 1 aliphatic heterocycles. The summed E-state index contributed by atoms with van der Waals surface area (Å²) in [6, 6.07) is 19.1. The summed E-state index contributed by atoms with van der Waals surface area (Å²) in [5.74, 6) is 0.370. The fourth-order valence-electron chi connectivity index (χ4n) is 5.87. The zero-order valence-corrected chi connectivity index (χ0v) is 26.7. The number of rotatable bonds is 9. The second-order valence-electron chi connectivity index (χ2n) is 11.7. The van der Waals surface area contributed by atoms with Gasteiger partial charge in [0.15, 0.2) is 0 Å². The molecule has 3 aromatic carbocycles. The first-order valence-electron chi connectivity index (χ1n) is 15.4. The summed E-state index contributed by atoms with van der Waals surface area (Å²) < 4.78 is 7.41. The van der Waals surface area contributed by atoms with Crippen LogP contribution in [-0.4, -0.2) is 94.6 Å². The van der Waals surface area contributed by atoms with Gasteiger partial charge in [0.1, 0.15) is 28.8 Å². The van der Waals surface area contributed by atoms with E-state index in [0.29, 0.717) is 64.5 Å². The highest BCUT2D eigenvalue weighted by Crippen LogP contribution is 2.34. The largest absolute Gasteiger partial charge is 0.506 e. The summed E-state index contributed by atoms with van der Waals surface area (Å²) in [6.45, 7) is 1.40. The number of ether oxygens (including phenoxy) is 1. The SMILES string of the molecule is CNc1c(C(=O)c2cc3cc(C(=O)N4CCC(NC)CC4)ccc3[nH]2)cnn1-c1ccc(Oc2ccccc2C(=O)N(C)C)cc1O. The van der Waals surface area contributed by atoms with Gasteiger partial charge in [-0.05, 0) is 68.4 Å². The molecule has 5 aromatic rings. The number of benzene rings is 3. The summed E-state index contributed by atoms with van der Waals surface area (Å²) in [6.07, 6.45) is 3.27. The van der Waals surface area contributed by atoms with Crippen LogP contribution >= 0.6 is 0 Å². The Hall–Kier alpha value is -5.62. The van der Waals surface area contributed by atoms with Gasteiger partial charge in [-0.1, -0.05) is 12.1 Å². The molecule has 1 aliphatic rings. The second kappa shape index (κ2) is 13.0. The first-order chi connectivity index (χ1) is 22.7. The molecule has 0 unspecified atom stereocenters. The lowest BCUT2D eigenvalue weighted by atomic mass is 10.0. The number of carbonyl (C=O) groups excluding carboxylic acids is 3. The van der Waals surface area contributed by atoms with Gasteiger partial charge in [-0.2, -0.15) is 5.10 Å². The molecule has 12 heteroatoms. The Kier molecular flexibility index (Phi) is 8.68. The quantitative estimate of drug-likeness (QED) is 0.171. The van der Waals surface area contributed by atoms with Gasteiger partial charge in [-0.15, -0.1) is 0 Å². The van der Waals surface area contributed by atoms with Crippen LogP contribution in [0.15, 0.2) is 72.9 Å². The third-order valence-electron chi connectivity index (χ3n) is 8.48. The van der Waals surface area contributed by atoms with Crippen LogP contribution in [0.3, 0.4) is 0 Å². The van der Waals surface area contributed by atoms with Crippen molar-refractivity contribution in [1.29, 1.82) is 0 Å². The molecular formula is C35H37N7O5. The third-order valence-corrected chi connectivity index (χ3v) is 8.48. The van der Waals surface area contributed by atoms with Gasteiger partial charge in [0.05, 0.1) is 23.0 Å². The number of carbonyl (C=O) groups is 3. The van der Waals surface area contributed by atoms with Gasteiger partial charge in [0.2, 0.25) is 5.78 Å². The average Bonchev–Trinajstić information content (AvgIpc) is 3.72. The molecule has 242 valence electrons. The molecule has 2 aromatic heterocycles. The molecule has 0 radical (unpaired) electrons. The van der Waals surface area contributed by atoms with E-state index in [2.05, 4.69) is 20.7 Å². The minimum atomic E-state index is -0.305. The van der Waals surface area contributed by atoms with Crippen molar-refractivity contribution in [2.24, 2.45) is 0 Å². The highest BCUT2D eigenvalue weighted by atomic mass is 16.5. The molecule has 4 N–H and O–H groups in total. The van der Waals surface area contributed by atoms with Crippen molar-refractivity contribution >= 4 is 34.3 Å². The number of para-hydroxylation sites is 1. The molecule has 2 amide bonds. The van der Waals surface area contributed by atoms with Crippen molar-refractivity contribution < 1.29 is 24.2 Å². The topological polar surface area (TPSA) is 145 Å². The molecule has 12 nitrogen and oxygen atoms in total. The molecule has 47 heavy (non-hydrogen) atoms. The van der Waals surface area contributed by atoms with E-state index in [1.807, 2.05) is 24.1 Å². The Morgan fingerprint density at radius 1 is 0.979 bits per heavy atom. The number of hydrogen-bond donors (Lipinski definition) is 4. The molecule has 0 bridgehead atoms. The number of phenols is 1. The second-order valence-corrected chi connectivity index (χ2v) is 11.7. The number of anilines is 1. The van der Waals surface area contributed by atoms with Crippen LogP contribution in [0.2, 0.25) is 0 Å². The molecule has 0 aliphatic carbocycles. The van der Waals surface area contributed by atoms with E-state index >= 15 is 0 Å². The molecule has 6 rings (SSSR count). The Balaban J connectivity index is 1.23. The Bertz CT molecular complexity index is 1970. The lowest BCUT2D eigenvalue weighted by Crippen LogP contribution is -2.43. The molecular weight excluding hydrogens is 598 g/mol. The Labute approximate surface area is 271 Å². The molecule has 0 atom stereocenters. The van der Waals surface area contributed by atoms with Crippen molar-refractivity contribution in [3.05, 3.63) is 95.3 Å². The summed E-state index contributed by atoms with van der Waals surface area (Å²) in [4.78, 5) is 46.0. The van der Waals surface area contributed by atoms with E-state index in [9.17, 15) is 19.5 Å². The van der Waals surface area contributed by atoms with Crippen LogP contribution in [0, 0.1) is 0 Å². The minimum Gasteiger partial charge on any atom is -0.506 e. The van der Waals surface area contributed by atoms with E-state index in [1.54, 1.807) is 69.7 Å². The average molecular weight is 636 g/mol. The number of aromatic hydroxyl groups is 1. The fourth-order valence-corrected chi connectivity index (χ4v) is 5.87. The Morgan fingerprint density at radius 3 is 2.45 bits per heavy atom. The summed E-state index contributed by atoms with van der Waals surface area (Å²) in [7, 11) is 6.94. The van der Waals surface area contributed by atoms with Gasteiger partial charge >= 0.3 is 0 Å². The van der Waals surface area contributed by atoms with Crippen LogP contribution in [0.25, 0.3) is 16.6 Å². The van der Waals surface area contributed by atoms with Crippen LogP contribution < -0.4 is 15.4 Å². The normalized spacial score (nSPS) is 13.5. The van der Waals surface area contributed by atoms with E-state index in [-0.39, 0.29) is 23.3 Å². The predicted molar refractivity (Wildman–Crippen MR) is 179 cm³/mol. The fraction of sp³-hybridized carbons (Fsp3) is 0.257. The van der Waals surface area contributed by atoms with Crippen LogP contribution in [0.5, 0.6) is 17.2 Å². The van der Waals surface area contributed by atoms with E-state index in [0.717, 1.165) is 23.7 Å². The maximum Gasteiger partial charge on any atom is 0.257 e. The van der Waals surface area contributed by atoms with Crippen LogP contribution in [-0.2, 0) is 0 Å². The first-order valence-corrected chi connectivity index (χ1v) is 15.4. The zero-order chi connectivity index (χ0) is 33.2. The smallest absolute Gasteiger partial charge is 0.257 e. The van der Waals surface area contributed by atoms with E-state index < -0.39 is 0 Å². The highest BCUT2D eigenvalue weighted by Gasteiger charge is 2.25. The Morgan fingerprint density at radius 2 is 1.74 bits per heavy atom. The first kappa shape index (κ1) is 31.4. The van der Waals surface area contributed by atoms with Gasteiger partial charge in [0.25, 0.3) is 11.8 Å². The number of likely N-dealkylation sites (tertiary alicyclic amines) is 1. The number of hydrogen-bond acceptors (Lipinski definition) is 8. The molecule has 0 saturated carbocycles. The standard InChI is InChI=1S/C35H37N7O5/c1-36-23-13-15-41(16-14-23)34(45)21-9-11-27-22(17-21)18-28(39-27)32(44)26-20-38-42(33(26)37-2)29-12-10-24(19-30(29)43)47-31-8-6-5-7-25(31)35(46)40(3)4/h5-12,17-20,23,36-37,39,43H,13-16H2,1-4H3. The zero-order valence-electron chi connectivity index (χ0n) is 26.7. The maximum absolute atomic E-state index is 13.7. The summed E-state index contributed by atoms with van der Waals surface area (Å²) >= 11 is 0. The van der Waals surface area contributed by atoms with Crippen molar-refractivity contribution in [3.63, 3.8) is 0 Å². The molecule has 1 saturated heterocycles. The lowest BCUT2D eigenvalue weighted by molar-refractivity contribution is 0.0707. The van der Waals surface area contributed by atoms with Gasteiger partial charge in [-0.25, -0.2) is 4.68 Å². The number of piperidine rings is 1. The minimum absolute atomic E-state index is 0.0169. The molecule has 3 heterocycles. The molecule has 1 fully saturated rings. The predicted octanol–water partition coefficient (Wildman–Crippen LogP) is 4.65. The van der Waals surface area contributed by atoms with Crippen molar-refractivity contribution in [1.82, 2.24) is 29.9 Å². The van der Waals surface area contributed by atoms with E-state index in [1.165, 1.54) is 21.8 Å². The summed E-state index contributed by atoms with van der Waals surface area (Å²) in [5.41, 5.74) is 2.65. The number of nitrogens with zero attached hydrogens (tertiary/aromatic N) is 4. The number of phenolic OH excluding ortho intramolecular Hbond substituents is 1. The highest BCUT2D eigenvalue weighted by molar-refractivity contribution is 6.13. The van der Waals surface area contributed by atoms with Gasteiger partial charge in [-0.3, -0.25) is 14.4 Å². The lowest BCUT2D eigenvalue weighted by Gasteiger charge is -2.31. The van der Waals surface area contributed by atoms with Crippen molar-refractivity contribution in [2.45, 2.75) is 18.9 Å². The number of ketones is 1. The monoisotopic (exact) mass is 635 g/mol. The number of nitrogens with one attached hydrogen (secondary N) is 3.